The lowest BCUT2D eigenvalue weighted by Gasteiger charge is -2.40. The molecular formula is C18H19ClN2O. The molecule has 0 aromatic heterocycles. The molecule has 2 aromatic rings. The van der Waals surface area contributed by atoms with Gasteiger partial charge in [0.2, 0.25) is 5.91 Å². The average Bonchev–Trinajstić information content (AvgIpc) is 2.46. The van der Waals surface area contributed by atoms with Gasteiger partial charge in [-0.2, -0.15) is 0 Å². The predicted molar refractivity (Wildman–Crippen MR) is 90.5 cm³/mol. The Morgan fingerprint density at radius 3 is 2.59 bits per heavy atom. The molecule has 1 fully saturated rings. The maximum absolute atomic E-state index is 12.3. The van der Waals surface area contributed by atoms with Crippen LogP contribution < -0.4 is 4.90 Å². The first-order chi connectivity index (χ1) is 10.6. The van der Waals surface area contributed by atoms with Crippen LogP contribution in [0, 0.1) is 0 Å². The molecule has 1 aliphatic heterocycles. The number of anilines is 1. The average molecular weight is 315 g/mol. The molecule has 0 saturated carbocycles. The number of nitrogens with zero attached hydrogens (tertiary/aromatic N) is 2. The van der Waals surface area contributed by atoms with Gasteiger partial charge in [-0.3, -0.25) is 4.79 Å². The van der Waals surface area contributed by atoms with E-state index in [4.69, 9.17) is 11.6 Å². The Bertz CT molecular complexity index is 653. The molecule has 0 atom stereocenters. The van der Waals surface area contributed by atoms with Gasteiger partial charge in [-0.1, -0.05) is 41.9 Å². The van der Waals surface area contributed by atoms with Gasteiger partial charge in [0, 0.05) is 36.8 Å². The smallest absolute Gasteiger partial charge is 0.242 e. The topological polar surface area (TPSA) is 23.6 Å². The first kappa shape index (κ1) is 14.9. The van der Waals surface area contributed by atoms with Crippen LogP contribution >= 0.6 is 11.6 Å². The number of halogens is 1. The number of benzene rings is 2. The molecule has 0 radical (unpaired) electrons. The summed E-state index contributed by atoms with van der Waals surface area (Å²) in [5.41, 5.74) is 2.27. The summed E-state index contributed by atoms with van der Waals surface area (Å²) in [5.74, 6) is 0.578. The lowest BCUT2D eigenvalue weighted by Crippen LogP contribution is -2.51. The summed E-state index contributed by atoms with van der Waals surface area (Å²) in [4.78, 5) is 16.2. The van der Waals surface area contributed by atoms with E-state index in [0.717, 1.165) is 23.8 Å². The van der Waals surface area contributed by atoms with Crippen molar-refractivity contribution in [2.75, 3.05) is 31.6 Å². The predicted octanol–water partition coefficient (Wildman–Crippen LogP) is 3.40. The molecule has 1 heterocycles. The van der Waals surface area contributed by atoms with Gasteiger partial charge in [0.25, 0.3) is 0 Å². The number of carbonyl (C=O) groups is 1. The minimum absolute atomic E-state index is 0.171. The summed E-state index contributed by atoms with van der Waals surface area (Å²) >= 11 is 6.02. The minimum Gasteiger partial charge on any atom is -0.365 e. The maximum Gasteiger partial charge on any atom is 0.242 e. The largest absolute Gasteiger partial charge is 0.365 e. The van der Waals surface area contributed by atoms with Gasteiger partial charge in [-0.25, -0.2) is 0 Å². The van der Waals surface area contributed by atoms with Crippen molar-refractivity contribution in [2.45, 2.75) is 5.92 Å². The van der Waals surface area contributed by atoms with E-state index in [-0.39, 0.29) is 5.91 Å². The number of rotatable bonds is 4. The van der Waals surface area contributed by atoms with E-state index in [0.29, 0.717) is 12.5 Å². The Labute approximate surface area is 136 Å². The van der Waals surface area contributed by atoms with Crippen LogP contribution in [-0.4, -0.2) is 37.5 Å². The molecule has 4 heteroatoms. The van der Waals surface area contributed by atoms with E-state index in [9.17, 15) is 4.79 Å². The van der Waals surface area contributed by atoms with Crippen LogP contribution in [0.4, 0.5) is 5.69 Å². The van der Waals surface area contributed by atoms with Crippen molar-refractivity contribution >= 4 is 23.2 Å². The second-order valence-corrected chi connectivity index (χ2v) is 6.18. The molecular weight excluding hydrogens is 296 g/mol. The molecule has 0 bridgehead atoms. The summed E-state index contributed by atoms with van der Waals surface area (Å²) in [6.45, 7) is 1.97. The molecule has 22 heavy (non-hydrogen) atoms. The number of amides is 1. The highest BCUT2D eigenvalue weighted by molar-refractivity contribution is 6.30. The fourth-order valence-corrected chi connectivity index (χ4v) is 2.93. The molecule has 3 nitrogen and oxygen atoms in total. The highest BCUT2D eigenvalue weighted by atomic mass is 35.5. The van der Waals surface area contributed by atoms with Crippen molar-refractivity contribution in [1.29, 1.82) is 0 Å². The van der Waals surface area contributed by atoms with Gasteiger partial charge in [0.1, 0.15) is 0 Å². The van der Waals surface area contributed by atoms with E-state index in [1.807, 2.05) is 65.4 Å². The zero-order valence-corrected chi connectivity index (χ0v) is 13.3. The molecule has 0 unspecified atom stereocenters. The standard InChI is InChI=1S/C18H19ClN2O/c1-20(17-8-3-2-4-9-17)13-18(22)21-11-15(12-21)14-6-5-7-16(19)10-14/h2-10,15H,11-13H2,1H3. The number of likely N-dealkylation sites (N-methyl/N-ethyl adjacent to an activating group) is 1. The van der Waals surface area contributed by atoms with Gasteiger partial charge in [-0.15, -0.1) is 0 Å². The number of hydrogen-bond acceptors (Lipinski definition) is 2. The lowest BCUT2D eigenvalue weighted by atomic mass is 9.91. The van der Waals surface area contributed by atoms with Gasteiger partial charge < -0.3 is 9.80 Å². The highest BCUT2D eigenvalue weighted by Gasteiger charge is 2.31. The number of para-hydroxylation sites is 1. The molecule has 0 spiro atoms. The Morgan fingerprint density at radius 2 is 1.91 bits per heavy atom. The van der Waals surface area contributed by atoms with Crippen LogP contribution in [0.5, 0.6) is 0 Å². The van der Waals surface area contributed by atoms with Crippen molar-refractivity contribution in [3.8, 4) is 0 Å². The zero-order chi connectivity index (χ0) is 15.5. The molecule has 1 aliphatic rings. The summed E-state index contributed by atoms with van der Waals surface area (Å²) < 4.78 is 0. The van der Waals surface area contributed by atoms with Crippen LogP contribution in [0.15, 0.2) is 54.6 Å². The van der Waals surface area contributed by atoms with Crippen LogP contribution in [0.2, 0.25) is 5.02 Å². The van der Waals surface area contributed by atoms with Crippen LogP contribution in [-0.2, 0) is 4.79 Å². The summed E-state index contributed by atoms with van der Waals surface area (Å²) in [6.07, 6.45) is 0. The summed E-state index contributed by atoms with van der Waals surface area (Å²) in [5, 5.41) is 0.756. The van der Waals surface area contributed by atoms with Crippen LogP contribution in [0.1, 0.15) is 11.5 Å². The normalized spacial score (nSPS) is 14.5. The maximum atomic E-state index is 12.3. The number of carbonyl (C=O) groups excluding carboxylic acids is 1. The molecule has 0 aliphatic carbocycles. The minimum atomic E-state index is 0.171. The van der Waals surface area contributed by atoms with Crippen LogP contribution in [0.3, 0.4) is 0 Å². The van der Waals surface area contributed by atoms with E-state index in [1.165, 1.54) is 5.56 Å². The monoisotopic (exact) mass is 314 g/mol. The molecule has 1 amide bonds. The van der Waals surface area contributed by atoms with Gasteiger partial charge in [0.05, 0.1) is 6.54 Å². The van der Waals surface area contributed by atoms with Crippen molar-refractivity contribution < 1.29 is 4.79 Å². The zero-order valence-electron chi connectivity index (χ0n) is 12.6. The number of likely N-dealkylation sites (tertiary alicyclic amines) is 1. The van der Waals surface area contributed by atoms with Crippen molar-refractivity contribution in [3.05, 3.63) is 65.2 Å². The highest BCUT2D eigenvalue weighted by Crippen LogP contribution is 2.28. The van der Waals surface area contributed by atoms with Crippen molar-refractivity contribution in [3.63, 3.8) is 0 Å². The third-order valence-electron chi connectivity index (χ3n) is 4.12. The molecule has 114 valence electrons. The second kappa shape index (κ2) is 6.41. The Balaban J connectivity index is 1.53. The SMILES string of the molecule is CN(CC(=O)N1CC(c2cccc(Cl)c2)C1)c1ccccc1. The van der Waals surface area contributed by atoms with Gasteiger partial charge in [-0.05, 0) is 29.8 Å². The Hall–Kier alpha value is -2.00. The Kier molecular flexibility index (Phi) is 4.34. The van der Waals surface area contributed by atoms with E-state index in [2.05, 4.69) is 6.07 Å². The lowest BCUT2D eigenvalue weighted by molar-refractivity contribution is -0.134. The van der Waals surface area contributed by atoms with E-state index in [1.54, 1.807) is 0 Å². The van der Waals surface area contributed by atoms with Gasteiger partial charge >= 0.3 is 0 Å². The third kappa shape index (κ3) is 3.25. The second-order valence-electron chi connectivity index (χ2n) is 5.74. The summed E-state index contributed by atoms with van der Waals surface area (Å²) in [7, 11) is 1.95. The Morgan fingerprint density at radius 1 is 1.18 bits per heavy atom. The van der Waals surface area contributed by atoms with E-state index >= 15 is 0 Å². The van der Waals surface area contributed by atoms with Crippen LogP contribution in [0.25, 0.3) is 0 Å². The fourth-order valence-electron chi connectivity index (χ4n) is 2.73. The summed E-state index contributed by atoms with van der Waals surface area (Å²) in [6, 6.07) is 17.9. The van der Waals surface area contributed by atoms with Gasteiger partial charge in [0.15, 0.2) is 0 Å². The molecule has 3 rings (SSSR count). The number of hydrogen-bond donors (Lipinski definition) is 0. The molecule has 1 saturated heterocycles. The van der Waals surface area contributed by atoms with Crippen molar-refractivity contribution in [2.24, 2.45) is 0 Å². The first-order valence-corrected chi connectivity index (χ1v) is 7.80. The first-order valence-electron chi connectivity index (χ1n) is 7.43. The third-order valence-corrected chi connectivity index (χ3v) is 4.36. The fraction of sp³-hybridized carbons (Fsp3) is 0.278. The van der Waals surface area contributed by atoms with E-state index < -0.39 is 0 Å². The molecule has 0 N–H and O–H groups in total. The van der Waals surface area contributed by atoms with Crippen molar-refractivity contribution in [1.82, 2.24) is 4.90 Å². The quantitative estimate of drug-likeness (QED) is 0.863. The molecule has 2 aromatic carbocycles.